The predicted octanol–water partition coefficient (Wildman–Crippen LogP) is 5.58. The molecule has 0 fully saturated rings. The zero-order valence-electron chi connectivity index (χ0n) is 21.8. The molecule has 7 nitrogen and oxygen atoms in total. The molecule has 1 unspecified atom stereocenters. The SMILES string of the molecule is CC(C)NC(=O)C(Cc1ccccc1)N(Cc1ccccc1Cl)C(=O)CN(c1ccc(Cl)c(Cl)c1)S(C)(=O)=O. The highest BCUT2D eigenvalue weighted by atomic mass is 35.5. The molecule has 0 spiro atoms. The van der Waals surface area contributed by atoms with Gasteiger partial charge in [0.1, 0.15) is 12.6 Å². The summed E-state index contributed by atoms with van der Waals surface area (Å²) in [7, 11) is -3.92. The third kappa shape index (κ3) is 8.60. The lowest BCUT2D eigenvalue weighted by Crippen LogP contribution is -2.54. The second-order valence-corrected chi connectivity index (χ2v) is 12.5. The molecule has 0 heterocycles. The molecule has 3 rings (SSSR count). The molecule has 0 aromatic heterocycles. The van der Waals surface area contributed by atoms with Crippen LogP contribution in [0.4, 0.5) is 5.69 Å². The Kier molecular flexibility index (Phi) is 10.7. The van der Waals surface area contributed by atoms with Crippen LogP contribution in [0.15, 0.2) is 72.8 Å². The van der Waals surface area contributed by atoms with Gasteiger partial charge in [0.2, 0.25) is 21.8 Å². The van der Waals surface area contributed by atoms with Crippen molar-refractivity contribution < 1.29 is 18.0 Å². The molecule has 0 aliphatic heterocycles. The van der Waals surface area contributed by atoms with Gasteiger partial charge in [-0.2, -0.15) is 0 Å². The first-order valence-electron chi connectivity index (χ1n) is 12.2. The van der Waals surface area contributed by atoms with Crippen LogP contribution >= 0.6 is 34.8 Å². The molecule has 0 saturated heterocycles. The van der Waals surface area contributed by atoms with Crippen molar-refractivity contribution in [3.05, 3.63) is 99.0 Å². The van der Waals surface area contributed by atoms with Crippen LogP contribution in [-0.4, -0.2) is 50.0 Å². The monoisotopic (exact) mass is 609 g/mol. The van der Waals surface area contributed by atoms with E-state index in [1.54, 1.807) is 24.3 Å². The number of hydrogen-bond acceptors (Lipinski definition) is 4. The van der Waals surface area contributed by atoms with Crippen molar-refractivity contribution >= 4 is 62.3 Å². The van der Waals surface area contributed by atoms with E-state index in [1.807, 2.05) is 44.2 Å². The standard InChI is InChI=1S/C28H30Cl3N3O4S/c1-19(2)32-28(36)26(15-20-9-5-4-6-10-20)33(17-21-11-7-8-12-23(21)29)27(35)18-34(39(3,37)38)22-13-14-24(30)25(31)16-22/h4-14,16,19,26H,15,17-18H2,1-3H3,(H,32,36). The zero-order valence-corrected chi connectivity index (χ0v) is 24.9. The minimum absolute atomic E-state index is 0.0134. The third-order valence-electron chi connectivity index (χ3n) is 5.87. The van der Waals surface area contributed by atoms with Crippen molar-refractivity contribution in [2.24, 2.45) is 0 Å². The van der Waals surface area contributed by atoms with Crippen molar-refractivity contribution in [2.75, 3.05) is 17.1 Å². The average Bonchev–Trinajstić information content (AvgIpc) is 2.87. The number of amides is 2. The molecule has 3 aromatic rings. The van der Waals surface area contributed by atoms with Gasteiger partial charge >= 0.3 is 0 Å². The van der Waals surface area contributed by atoms with E-state index in [0.29, 0.717) is 10.6 Å². The molecule has 3 aromatic carbocycles. The highest BCUT2D eigenvalue weighted by Crippen LogP contribution is 2.29. The highest BCUT2D eigenvalue weighted by molar-refractivity contribution is 7.92. The first-order valence-corrected chi connectivity index (χ1v) is 15.1. The normalized spacial score (nSPS) is 12.2. The fourth-order valence-corrected chi connectivity index (χ4v) is 5.33. The Morgan fingerprint density at radius 2 is 1.51 bits per heavy atom. The Bertz CT molecular complexity index is 1420. The summed E-state index contributed by atoms with van der Waals surface area (Å²) in [5.74, 6) is -0.957. The number of sulfonamides is 1. The van der Waals surface area contributed by atoms with Gasteiger partial charge in [-0.05, 0) is 49.2 Å². The van der Waals surface area contributed by atoms with Crippen molar-refractivity contribution in [1.82, 2.24) is 10.2 Å². The van der Waals surface area contributed by atoms with Crippen LogP contribution < -0.4 is 9.62 Å². The fraction of sp³-hybridized carbons (Fsp3) is 0.286. The summed E-state index contributed by atoms with van der Waals surface area (Å²) in [5.41, 5.74) is 1.62. The van der Waals surface area contributed by atoms with Crippen LogP contribution in [0.2, 0.25) is 15.1 Å². The van der Waals surface area contributed by atoms with Gasteiger partial charge in [0.05, 0.1) is 22.0 Å². The Morgan fingerprint density at radius 1 is 0.872 bits per heavy atom. The van der Waals surface area contributed by atoms with Crippen LogP contribution in [-0.2, 0) is 32.6 Å². The van der Waals surface area contributed by atoms with E-state index in [4.69, 9.17) is 34.8 Å². The Hall–Kier alpha value is -2.78. The molecule has 0 aliphatic rings. The van der Waals surface area contributed by atoms with Crippen molar-refractivity contribution in [3.8, 4) is 0 Å². The molecule has 2 amide bonds. The molecule has 0 bridgehead atoms. The van der Waals surface area contributed by atoms with Crippen LogP contribution in [0.25, 0.3) is 0 Å². The number of rotatable bonds is 11. The molecule has 208 valence electrons. The number of nitrogens with zero attached hydrogens (tertiary/aromatic N) is 2. The second kappa shape index (κ2) is 13.5. The first kappa shape index (κ1) is 30.8. The summed E-state index contributed by atoms with van der Waals surface area (Å²) in [5, 5.41) is 3.70. The van der Waals surface area contributed by atoms with Gasteiger partial charge in [0, 0.05) is 24.0 Å². The maximum Gasteiger partial charge on any atom is 0.244 e. The fourth-order valence-electron chi connectivity index (χ4n) is 4.00. The number of carbonyl (C=O) groups is 2. The molecular weight excluding hydrogens is 581 g/mol. The maximum absolute atomic E-state index is 14.0. The van der Waals surface area contributed by atoms with Crippen LogP contribution in [0, 0.1) is 0 Å². The maximum atomic E-state index is 14.0. The largest absolute Gasteiger partial charge is 0.352 e. The third-order valence-corrected chi connectivity index (χ3v) is 8.12. The van der Waals surface area contributed by atoms with E-state index in [9.17, 15) is 18.0 Å². The number of benzene rings is 3. The lowest BCUT2D eigenvalue weighted by atomic mass is 10.0. The van der Waals surface area contributed by atoms with E-state index in [0.717, 1.165) is 16.1 Å². The molecule has 11 heteroatoms. The van der Waals surface area contributed by atoms with E-state index >= 15 is 0 Å². The smallest absolute Gasteiger partial charge is 0.244 e. The van der Waals surface area contributed by atoms with Crippen LogP contribution in [0.3, 0.4) is 0 Å². The van der Waals surface area contributed by atoms with Crippen molar-refractivity contribution in [3.63, 3.8) is 0 Å². The lowest BCUT2D eigenvalue weighted by molar-refractivity contribution is -0.140. The zero-order chi connectivity index (χ0) is 28.7. The molecule has 0 saturated carbocycles. The Labute approximate surface area is 244 Å². The number of nitrogens with one attached hydrogen (secondary N) is 1. The van der Waals surface area contributed by atoms with E-state index in [2.05, 4.69) is 5.32 Å². The summed E-state index contributed by atoms with van der Waals surface area (Å²) < 4.78 is 26.6. The summed E-state index contributed by atoms with van der Waals surface area (Å²) in [4.78, 5) is 28.9. The van der Waals surface area contributed by atoms with Gasteiger partial charge in [0.15, 0.2) is 0 Å². The van der Waals surface area contributed by atoms with Gasteiger partial charge in [-0.1, -0.05) is 83.3 Å². The van der Waals surface area contributed by atoms with E-state index in [1.165, 1.54) is 23.1 Å². The first-order chi connectivity index (χ1) is 18.4. The Balaban J connectivity index is 2.08. The molecule has 39 heavy (non-hydrogen) atoms. The summed E-state index contributed by atoms with van der Waals surface area (Å²) >= 11 is 18.6. The molecular formula is C28H30Cl3N3O4S. The predicted molar refractivity (Wildman–Crippen MR) is 158 cm³/mol. The Morgan fingerprint density at radius 3 is 2.10 bits per heavy atom. The van der Waals surface area contributed by atoms with Gasteiger partial charge in [-0.15, -0.1) is 0 Å². The molecule has 1 N–H and O–H groups in total. The molecule has 0 radical (unpaired) electrons. The van der Waals surface area contributed by atoms with Crippen LogP contribution in [0.5, 0.6) is 0 Å². The van der Waals surface area contributed by atoms with Crippen LogP contribution in [0.1, 0.15) is 25.0 Å². The average molecular weight is 611 g/mol. The highest BCUT2D eigenvalue weighted by Gasteiger charge is 2.33. The van der Waals surface area contributed by atoms with Gasteiger partial charge in [-0.25, -0.2) is 8.42 Å². The van der Waals surface area contributed by atoms with Crippen molar-refractivity contribution in [1.29, 1.82) is 0 Å². The minimum Gasteiger partial charge on any atom is -0.352 e. The van der Waals surface area contributed by atoms with E-state index in [-0.39, 0.29) is 40.6 Å². The number of carbonyl (C=O) groups excluding carboxylic acids is 2. The quantitative estimate of drug-likeness (QED) is 0.307. The van der Waals surface area contributed by atoms with Crippen molar-refractivity contribution in [2.45, 2.75) is 38.9 Å². The lowest BCUT2D eigenvalue weighted by Gasteiger charge is -2.34. The summed E-state index contributed by atoms with van der Waals surface area (Å²) in [6.45, 7) is 3.07. The van der Waals surface area contributed by atoms with E-state index < -0.39 is 28.5 Å². The van der Waals surface area contributed by atoms with Gasteiger partial charge < -0.3 is 10.2 Å². The topological polar surface area (TPSA) is 86.8 Å². The number of halogens is 3. The van der Waals surface area contributed by atoms with Gasteiger partial charge in [0.25, 0.3) is 0 Å². The molecule has 0 aliphatic carbocycles. The van der Waals surface area contributed by atoms with Gasteiger partial charge in [-0.3, -0.25) is 13.9 Å². The number of hydrogen-bond donors (Lipinski definition) is 1. The number of anilines is 1. The summed E-state index contributed by atoms with van der Waals surface area (Å²) in [6.07, 6.45) is 1.20. The molecule has 1 atom stereocenters. The second-order valence-electron chi connectivity index (χ2n) is 9.35. The summed E-state index contributed by atoms with van der Waals surface area (Å²) in [6, 6.07) is 19.5. The minimum atomic E-state index is -3.92.